The van der Waals surface area contributed by atoms with Crippen LogP contribution in [0, 0.1) is 0 Å². The van der Waals surface area contributed by atoms with E-state index in [0.29, 0.717) is 12.6 Å². The highest BCUT2D eigenvalue weighted by Gasteiger charge is 2.46. The van der Waals surface area contributed by atoms with E-state index in [2.05, 4.69) is 11.8 Å². The van der Waals surface area contributed by atoms with E-state index in [1.807, 2.05) is 0 Å². The molecule has 0 aliphatic carbocycles. The maximum absolute atomic E-state index is 6.00. The Morgan fingerprint density at radius 1 is 1.44 bits per heavy atom. The van der Waals surface area contributed by atoms with Crippen LogP contribution in [0.1, 0.15) is 26.2 Å². The van der Waals surface area contributed by atoms with Gasteiger partial charge in [0, 0.05) is 33.4 Å². The van der Waals surface area contributed by atoms with Crippen molar-refractivity contribution < 1.29 is 9.47 Å². The van der Waals surface area contributed by atoms with Gasteiger partial charge in [0.05, 0.1) is 17.7 Å². The topological polar surface area (TPSA) is 47.7 Å². The van der Waals surface area contributed by atoms with Crippen molar-refractivity contribution in [3.05, 3.63) is 0 Å². The van der Waals surface area contributed by atoms with E-state index >= 15 is 0 Å². The number of rotatable bonds is 3. The summed E-state index contributed by atoms with van der Waals surface area (Å²) in [7, 11) is 1.81. The van der Waals surface area contributed by atoms with Crippen LogP contribution in [0.2, 0.25) is 0 Å². The number of hydrogen-bond donors (Lipinski definition) is 1. The predicted molar refractivity (Wildman–Crippen MR) is 63.4 cm³/mol. The van der Waals surface area contributed by atoms with Crippen LogP contribution < -0.4 is 5.73 Å². The first-order valence-corrected chi connectivity index (χ1v) is 6.32. The first kappa shape index (κ1) is 12.3. The van der Waals surface area contributed by atoms with Gasteiger partial charge in [-0.25, -0.2) is 0 Å². The minimum absolute atomic E-state index is 0.0821. The maximum Gasteiger partial charge on any atom is 0.0743 e. The fourth-order valence-corrected chi connectivity index (χ4v) is 3.12. The standard InChI is InChI=1S/C12H24N2O2/c1-10-12(9-13,5-8-16-10)14-6-3-11(15-2)4-7-14/h10-11H,3-9,13H2,1-2H3. The van der Waals surface area contributed by atoms with Gasteiger partial charge < -0.3 is 15.2 Å². The minimum Gasteiger partial charge on any atom is -0.381 e. The van der Waals surface area contributed by atoms with Gasteiger partial charge in [-0.2, -0.15) is 0 Å². The fourth-order valence-electron chi connectivity index (χ4n) is 3.12. The molecule has 0 radical (unpaired) electrons. The average Bonchev–Trinajstić information content (AvgIpc) is 2.72. The highest BCUT2D eigenvalue weighted by Crippen LogP contribution is 2.33. The third-order valence-corrected chi connectivity index (χ3v) is 4.42. The average molecular weight is 228 g/mol. The Hall–Kier alpha value is -0.160. The molecular weight excluding hydrogens is 204 g/mol. The molecule has 2 saturated heterocycles. The van der Waals surface area contributed by atoms with E-state index in [9.17, 15) is 0 Å². The minimum atomic E-state index is 0.0821. The summed E-state index contributed by atoms with van der Waals surface area (Å²) in [5.41, 5.74) is 6.09. The van der Waals surface area contributed by atoms with Crippen molar-refractivity contribution in [3.8, 4) is 0 Å². The molecule has 94 valence electrons. The van der Waals surface area contributed by atoms with Gasteiger partial charge in [0.1, 0.15) is 0 Å². The third kappa shape index (κ3) is 1.99. The molecule has 0 aromatic heterocycles. The molecule has 0 bridgehead atoms. The fraction of sp³-hybridized carbons (Fsp3) is 1.00. The second kappa shape index (κ2) is 5.00. The molecule has 16 heavy (non-hydrogen) atoms. The zero-order valence-corrected chi connectivity index (χ0v) is 10.4. The Balaban J connectivity index is 2.00. The van der Waals surface area contributed by atoms with Gasteiger partial charge in [0.2, 0.25) is 0 Å². The van der Waals surface area contributed by atoms with E-state index in [1.54, 1.807) is 7.11 Å². The molecule has 2 aliphatic heterocycles. The number of piperidine rings is 1. The molecule has 0 saturated carbocycles. The van der Waals surface area contributed by atoms with Crippen molar-refractivity contribution in [1.29, 1.82) is 0 Å². The molecule has 0 amide bonds. The lowest BCUT2D eigenvalue weighted by atomic mass is 9.87. The van der Waals surface area contributed by atoms with Gasteiger partial charge in [-0.15, -0.1) is 0 Å². The smallest absolute Gasteiger partial charge is 0.0743 e. The highest BCUT2D eigenvalue weighted by molar-refractivity contribution is 5.01. The lowest BCUT2D eigenvalue weighted by molar-refractivity contribution is -0.0300. The Morgan fingerprint density at radius 2 is 2.12 bits per heavy atom. The number of nitrogens with two attached hydrogens (primary N) is 1. The molecule has 2 rings (SSSR count). The summed E-state index contributed by atoms with van der Waals surface area (Å²) in [5.74, 6) is 0. The third-order valence-electron chi connectivity index (χ3n) is 4.42. The van der Waals surface area contributed by atoms with Crippen molar-refractivity contribution in [1.82, 2.24) is 4.90 Å². The van der Waals surface area contributed by atoms with Gasteiger partial charge in [0.15, 0.2) is 0 Å². The quantitative estimate of drug-likeness (QED) is 0.768. The van der Waals surface area contributed by atoms with Crippen LogP contribution in [0.3, 0.4) is 0 Å². The van der Waals surface area contributed by atoms with E-state index in [1.165, 1.54) is 0 Å². The Labute approximate surface area is 98.1 Å². The summed E-state index contributed by atoms with van der Waals surface area (Å²) < 4.78 is 11.1. The normalized spacial score (nSPS) is 38.1. The van der Waals surface area contributed by atoms with E-state index < -0.39 is 0 Å². The molecule has 0 aromatic rings. The lowest BCUT2D eigenvalue weighted by Gasteiger charge is -2.45. The van der Waals surface area contributed by atoms with Gasteiger partial charge in [0.25, 0.3) is 0 Å². The van der Waals surface area contributed by atoms with Crippen molar-refractivity contribution >= 4 is 0 Å². The van der Waals surface area contributed by atoms with Crippen LogP contribution in [-0.2, 0) is 9.47 Å². The molecule has 4 nitrogen and oxygen atoms in total. The van der Waals surface area contributed by atoms with E-state index in [0.717, 1.165) is 39.0 Å². The van der Waals surface area contributed by atoms with Crippen LogP contribution in [0.4, 0.5) is 0 Å². The van der Waals surface area contributed by atoms with Crippen molar-refractivity contribution in [2.75, 3.05) is 33.4 Å². The van der Waals surface area contributed by atoms with E-state index in [-0.39, 0.29) is 11.6 Å². The summed E-state index contributed by atoms with van der Waals surface area (Å²) in [6.45, 7) is 5.88. The number of likely N-dealkylation sites (tertiary alicyclic amines) is 1. The lowest BCUT2D eigenvalue weighted by Crippen LogP contribution is -2.60. The van der Waals surface area contributed by atoms with Crippen LogP contribution in [0.5, 0.6) is 0 Å². The maximum atomic E-state index is 6.00. The summed E-state index contributed by atoms with van der Waals surface area (Å²) in [6, 6.07) is 0. The highest BCUT2D eigenvalue weighted by atomic mass is 16.5. The first-order valence-electron chi connectivity index (χ1n) is 6.32. The molecule has 2 atom stereocenters. The second-order valence-electron chi connectivity index (χ2n) is 4.99. The molecular formula is C12H24N2O2. The Bertz CT molecular complexity index is 229. The summed E-state index contributed by atoms with van der Waals surface area (Å²) in [6.07, 6.45) is 4.00. The molecule has 0 spiro atoms. The molecule has 2 fully saturated rings. The van der Waals surface area contributed by atoms with Crippen LogP contribution in [0.25, 0.3) is 0 Å². The molecule has 2 N–H and O–H groups in total. The number of hydrogen-bond acceptors (Lipinski definition) is 4. The summed E-state index contributed by atoms with van der Waals surface area (Å²) in [4.78, 5) is 2.53. The summed E-state index contributed by atoms with van der Waals surface area (Å²) >= 11 is 0. The SMILES string of the molecule is COC1CCN(C2(CN)CCOC2C)CC1. The molecule has 0 aromatic carbocycles. The first-order chi connectivity index (χ1) is 7.73. The van der Waals surface area contributed by atoms with Crippen molar-refractivity contribution in [2.24, 2.45) is 5.73 Å². The van der Waals surface area contributed by atoms with Crippen LogP contribution in [0.15, 0.2) is 0 Å². The monoisotopic (exact) mass is 228 g/mol. The zero-order valence-electron chi connectivity index (χ0n) is 10.4. The predicted octanol–water partition coefficient (Wildman–Crippen LogP) is 0.603. The van der Waals surface area contributed by atoms with Crippen LogP contribution in [-0.4, -0.2) is 56.0 Å². The number of nitrogens with zero attached hydrogens (tertiary/aromatic N) is 1. The molecule has 2 aliphatic rings. The molecule has 4 heteroatoms. The van der Waals surface area contributed by atoms with Crippen molar-refractivity contribution in [3.63, 3.8) is 0 Å². The Kier molecular flexibility index (Phi) is 3.85. The molecule has 2 unspecified atom stereocenters. The largest absolute Gasteiger partial charge is 0.381 e. The Morgan fingerprint density at radius 3 is 2.56 bits per heavy atom. The van der Waals surface area contributed by atoms with Crippen molar-refractivity contribution in [2.45, 2.75) is 43.9 Å². The second-order valence-corrected chi connectivity index (χ2v) is 4.99. The van der Waals surface area contributed by atoms with Gasteiger partial charge >= 0.3 is 0 Å². The summed E-state index contributed by atoms with van der Waals surface area (Å²) in [5, 5.41) is 0. The zero-order chi connectivity index (χ0) is 11.6. The van der Waals surface area contributed by atoms with Gasteiger partial charge in [-0.05, 0) is 26.2 Å². The number of ether oxygens (including phenoxy) is 2. The van der Waals surface area contributed by atoms with Crippen LogP contribution >= 0.6 is 0 Å². The van der Waals surface area contributed by atoms with Gasteiger partial charge in [-0.1, -0.05) is 0 Å². The van der Waals surface area contributed by atoms with Gasteiger partial charge in [-0.3, -0.25) is 4.90 Å². The van der Waals surface area contributed by atoms with E-state index in [4.69, 9.17) is 15.2 Å². The molecule has 2 heterocycles. The number of methoxy groups -OCH3 is 1.